The molecule has 0 bridgehead atoms. The highest BCUT2D eigenvalue weighted by atomic mass is 127. The molecule has 0 spiro atoms. The third-order valence-electron chi connectivity index (χ3n) is 1.66. The number of rotatable bonds is 4. The van der Waals surface area contributed by atoms with Gasteiger partial charge in [-0.25, -0.2) is 0 Å². The lowest BCUT2D eigenvalue weighted by atomic mass is 10.3. The van der Waals surface area contributed by atoms with Crippen molar-refractivity contribution in [2.45, 2.75) is 6.42 Å². The average Bonchev–Trinajstić information content (AvgIpc) is 1.55. The summed E-state index contributed by atoms with van der Waals surface area (Å²) < 4.78 is 2.17. The van der Waals surface area contributed by atoms with Crippen LogP contribution in [-0.2, 0) is 0 Å². The molecule has 0 radical (unpaired) electrons. The van der Waals surface area contributed by atoms with Crippen LogP contribution in [0.25, 0.3) is 0 Å². The number of hydrogen-bond donors (Lipinski definition) is 0. The van der Waals surface area contributed by atoms with Crippen LogP contribution in [0.15, 0.2) is 0 Å². The van der Waals surface area contributed by atoms with Gasteiger partial charge in [0, 0.05) is 6.42 Å². The predicted molar refractivity (Wildman–Crippen MR) is 50.4 cm³/mol. The molecule has 2 nitrogen and oxygen atoms in total. The molecule has 0 amide bonds. The van der Waals surface area contributed by atoms with Gasteiger partial charge >= 0.3 is 0 Å². The molecule has 0 aromatic carbocycles. The normalized spacial score (nSPS) is 11.5. The van der Waals surface area contributed by atoms with Gasteiger partial charge in [-0.3, -0.25) is 0 Å². The summed E-state index contributed by atoms with van der Waals surface area (Å²) in [6.07, 6.45) is 1.31. The van der Waals surface area contributed by atoms with Crippen molar-refractivity contribution in [3.8, 4) is 0 Å². The second-order valence-corrected chi connectivity index (χ2v) is 5.38. The first-order valence-corrected chi connectivity index (χ1v) is 4.32. The molecule has 0 aliphatic heterocycles. The molecule has 4 heteroatoms. The highest BCUT2D eigenvalue weighted by molar-refractivity contribution is 4.33. The Morgan fingerprint density at radius 2 is 0.846 bits per heavy atom. The molecule has 0 fully saturated rings. The molecule has 0 aliphatic carbocycles. The van der Waals surface area contributed by atoms with Gasteiger partial charge < -0.3 is 56.9 Å². The second-order valence-electron chi connectivity index (χ2n) is 5.38. The summed E-state index contributed by atoms with van der Waals surface area (Å²) in [6, 6.07) is 0. The van der Waals surface area contributed by atoms with E-state index < -0.39 is 0 Å². The summed E-state index contributed by atoms with van der Waals surface area (Å²) in [5, 5.41) is 0. The van der Waals surface area contributed by atoms with E-state index >= 15 is 0 Å². The maximum absolute atomic E-state index is 2.25. The number of hydrogen-bond acceptors (Lipinski definition) is 0. The first kappa shape index (κ1) is 19.9. The molecule has 0 rings (SSSR count). The fourth-order valence-corrected chi connectivity index (χ4v) is 1.02. The standard InChI is InChI=1S/C9H24N2.2HI/c1-10(2,3)8-7-9-11(4,5)6;;/h7-9H2,1-6H3;2*1H/q+2;;/p-2. The zero-order valence-corrected chi connectivity index (χ0v) is 14.1. The van der Waals surface area contributed by atoms with E-state index in [1.165, 1.54) is 19.5 Å². The molecule has 0 N–H and O–H groups in total. The van der Waals surface area contributed by atoms with Crippen LogP contribution in [0.5, 0.6) is 0 Å². The summed E-state index contributed by atoms with van der Waals surface area (Å²) in [5.41, 5.74) is 0. The minimum absolute atomic E-state index is 0. The summed E-state index contributed by atoms with van der Waals surface area (Å²) in [6.45, 7) is 2.55. The summed E-state index contributed by atoms with van der Waals surface area (Å²) >= 11 is 0. The zero-order chi connectivity index (χ0) is 9.12. The molecule has 13 heavy (non-hydrogen) atoms. The van der Waals surface area contributed by atoms with Crippen molar-refractivity contribution >= 4 is 0 Å². The van der Waals surface area contributed by atoms with Crippen molar-refractivity contribution in [1.29, 1.82) is 0 Å². The van der Waals surface area contributed by atoms with E-state index in [0.29, 0.717) is 0 Å². The maximum atomic E-state index is 2.25. The minimum Gasteiger partial charge on any atom is -1.00 e. The monoisotopic (exact) mass is 414 g/mol. The van der Waals surface area contributed by atoms with Crippen LogP contribution in [0.4, 0.5) is 0 Å². The van der Waals surface area contributed by atoms with Gasteiger partial charge in [0.1, 0.15) is 0 Å². The Kier molecular flexibility index (Phi) is 11.7. The molecule has 0 aliphatic rings. The molecule has 0 saturated carbocycles. The Morgan fingerprint density at radius 1 is 0.615 bits per heavy atom. The second kappa shape index (κ2) is 7.64. The van der Waals surface area contributed by atoms with Crippen LogP contribution >= 0.6 is 0 Å². The number of quaternary nitrogens is 2. The van der Waals surface area contributed by atoms with E-state index in [1.807, 2.05) is 0 Å². The lowest BCUT2D eigenvalue weighted by molar-refractivity contribution is -0.890. The smallest absolute Gasteiger partial charge is 0.0834 e. The van der Waals surface area contributed by atoms with Crippen LogP contribution in [0.1, 0.15) is 6.42 Å². The molecule has 84 valence electrons. The topological polar surface area (TPSA) is 0 Å². The van der Waals surface area contributed by atoms with Crippen LogP contribution in [0.2, 0.25) is 0 Å². The Labute approximate surface area is 118 Å². The quantitative estimate of drug-likeness (QED) is 0.319. The molecular weight excluding hydrogens is 390 g/mol. The fraction of sp³-hybridized carbons (Fsp3) is 1.00. The zero-order valence-electron chi connectivity index (χ0n) is 9.77. The third kappa shape index (κ3) is 19.7. The van der Waals surface area contributed by atoms with Crippen LogP contribution < -0.4 is 48.0 Å². The molecule has 0 saturated heterocycles. The van der Waals surface area contributed by atoms with Crippen molar-refractivity contribution in [2.24, 2.45) is 0 Å². The Bertz CT molecular complexity index is 99.8. The largest absolute Gasteiger partial charge is 1.00 e. The SMILES string of the molecule is C[N+](C)(C)CCC[N+](C)(C)C.[I-].[I-]. The number of halogens is 2. The lowest BCUT2D eigenvalue weighted by Gasteiger charge is -2.28. The molecule has 0 atom stereocenters. The Hall–Kier alpha value is 1.38. The molecule has 0 heterocycles. The van der Waals surface area contributed by atoms with Crippen molar-refractivity contribution in [1.82, 2.24) is 0 Å². The third-order valence-corrected chi connectivity index (χ3v) is 1.66. The van der Waals surface area contributed by atoms with Crippen molar-refractivity contribution in [3.63, 3.8) is 0 Å². The van der Waals surface area contributed by atoms with Gasteiger partial charge in [0.25, 0.3) is 0 Å². The minimum atomic E-state index is 0. The van der Waals surface area contributed by atoms with Crippen molar-refractivity contribution in [3.05, 3.63) is 0 Å². The van der Waals surface area contributed by atoms with Gasteiger partial charge in [0.05, 0.1) is 55.4 Å². The van der Waals surface area contributed by atoms with Gasteiger partial charge in [-0.2, -0.15) is 0 Å². The first-order chi connectivity index (χ1) is 4.71. The van der Waals surface area contributed by atoms with Gasteiger partial charge in [-0.05, 0) is 0 Å². The van der Waals surface area contributed by atoms with Crippen molar-refractivity contribution < 1.29 is 56.9 Å². The van der Waals surface area contributed by atoms with Crippen molar-refractivity contribution in [2.75, 3.05) is 55.4 Å². The summed E-state index contributed by atoms with van der Waals surface area (Å²) in [5.74, 6) is 0. The summed E-state index contributed by atoms with van der Waals surface area (Å²) in [7, 11) is 13.5. The first-order valence-electron chi connectivity index (χ1n) is 4.32. The van der Waals surface area contributed by atoms with E-state index in [0.717, 1.165) is 8.97 Å². The van der Waals surface area contributed by atoms with Gasteiger partial charge in [0.15, 0.2) is 0 Å². The van der Waals surface area contributed by atoms with E-state index in [1.54, 1.807) is 0 Å². The Balaban J connectivity index is -0.000000500. The molecular formula is C9H24I2N2. The van der Waals surface area contributed by atoms with Gasteiger partial charge in [-0.15, -0.1) is 0 Å². The van der Waals surface area contributed by atoms with E-state index in [-0.39, 0.29) is 48.0 Å². The lowest BCUT2D eigenvalue weighted by Crippen LogP contribution is -3.00. The van der Waals surface area contributed by atoms with Gasteiger partial charge in [0.2, 0.25) is 0 Å². The Morgan fingerprint density at radius 3 is 1.00 bits per heavy atom. The highest BCUT2D eigenvalue weighted by Crippen LogP contribution is 1.98. The number of nitrogens with zero attached hydrogens (tertiary/aromatic N) is 2. The van der Waals surface area contributed by atoms with Crippen LogP contribution in [0.3, 0.4) is 0 Å². The fourth-order valence-electron chi connectivity index (χ4n) is 1.02. The summed E-state index contributed by atoms with van der Waals surface area (Å²) in [4.78, 5) is 0. The molecule has 0 aromatic heterocycles. The van der Waals surface area contributed by atoms with E-state index in [9.17, 15) is 0 Å². The predicted octanol–water partition coefficient (Wildman–Crippen LogP) is -5.20. The van der Waals surface area contributed by atoms with Gasteiger partial charge in [-0.1, -0.05) is 0 Å². The molecule has 0 aromatic rings. The van der Waals surface area contributed by atoms with Crippen LogP contribution in [-0.4, -0.2) is 64.3 Å². The maximum Gasteiger partial charge on any atom is 0.0834 e. The van der Waals surface area contributed by atoms with E-state index in [4.69, 9.17) is 0 Å². The highest BCUT2D eigenvalue weighted by Gasteiger charge is 2.11. The molecule has 0 unspecified atom stereocenters. The average molecular weight is 414 g/mol. The van der Waals surface area contributed by atoms with Crippen LogP contribution in [0, 0.1) is 0 Å². The van der Waals surface area contributed by atoms with E-state index in [2.05, 4.69) is 42.3 Å².